The summed E-state index contributed by atoms with van der Waals surface area (Å²) in [6, 6.07) is 5.58. The van der Waals surface area contributed by atoms with E-state index in [4.69, 9.17) is 4.74 Å². The van der Waals surface area contributed by atoms with Gasteiger partial charge >= 0.3 is 6.01 Å². The van der Waals surface area contributed by atoms with Crippen molar-refractivity contribution in [1.29, 1.82) is 0 Å². The molecule has 1 aliphatic heterocycles. The third-order valence-corrected chi connectivity index (χ3v) is 5.70. The van der Waals surface area contributed by atoms with Crippen LogP contribution in [0.5, 0.6) is 6.01 Å². The molecular formula is C15H16FN3O3S. The van der Waals surface area contributed by atoms with E-state index in [-0.39, 0.29) is 23.6 Å². The molecule has 122 valence electrons. The number of aromatic nitrogens is 2. The molecule has 2 aromatic rings. The van der Waals surface area contributed by atoms with Gasteiger partial charge in [0.1, 0.15) is 11.9 Å². The fraction of sp³-hybridized carbons (Fsp3) is 0.333. The molecule has 0 spiro atoms. The van der Waals surface area contributed by atoms with Gasteiger partial charge in [-0.25, -0.2) is 22.8 Å². The maximum Gasteiger partial charge on any atom is 0.316 e. The largest absolute Gasteiger partial charge is 0.459 e. The fourth-order valence-electron chi connectivity index (χ4n) is 2.55. The van der Waals surface area contributed by atoms with Crippen molar-refractivity contribution in [3.63, 3.8) is 0 Å². The van der Waals surface area contributed by atoms with E-state index in [2.05, 4.69) is 9.97 Å². The Morgan fingerprint density at radius 2 is 2.04 bits per heavy atom. The Kier molecular flexibility index (Phi) is 4.27. The van der Waals surface area contributed by atoms with Gasteiger partial charge < -0.3 is 4.74 Å². The van der Waals surface area contributed by atoms with Gasteiger partial charge in [0.2, 0.25) is 10.0 Å². The number of hydrogen-bond acceptors (Lipinski definition) is 5. The van der Waals surface area contributed by atoms with Gasteiger partial charge in [0.25, 0.3) is 0 Å². The van der Waals surface area contributed by atoms with Crippen LogP contribution in [0.4, 0.5) is 4.39 Å². The van der Waals surface area contributed by atoms with E-state index >= 15 is 0 Å². The summed E-state index contributed by atoms with van der Waals surface area (Å²) in [5.74, 6) is -0.453. The summed E-state index contributed by atoms with van der Waals surface area (Å²) in [5.41, 5.74) is 0.390. The lowest BCUT2D eigenvalue weighted by Crippen LogP contribution is -2.31. The highest BCUT2D eigenvalue weighted by Gasteiger charge is 2.34. The molecule has 6 nitrogen and oxygen atoms in total. The third kappa shape index (κ3) is 3.32. The van der Waals surface area contributed by atoms with Crippen LogP contribution in [0.1, 0.15) is 12.0 Å². The van der Waals surface area contributed by atoms with Crippen LogP contribution < -0.4 is 4.74 Å². The molecule has 0 radical (unpaired) electrons. The number of nitrogens with zero attached hydrogens (tertiary/aromatic N) is 3. The predicted molar refractivity (Wildman–Crippen MR) is 81.0 cm³/mol. The normalized spacial score (nSPS) is 19.0. The van der Waals surface area contributed by atoms with E-state index < -0.39 is 15.8 Å². The minimum Gasteiger partial charge on any atom is -0.459 e. The van der Waals surface area contributed by atoms with E-state index in [1.165, 1.54) is 16.4 Å². The molecule has 1 fully saturated rings. The van der Waals surface area contributed by atoms with Crippen molar-refractivity contribution in [3.05, 3.63) is 48.0 Å². The summed E-state index contributed by atoms with van der Waals surface area (Å²) in [6.45, 7) is 2.14. The molecule has 2 heterocycles. The molecule has 8 heteroatoms. The van der Waals surface area contributed by atoms with Crippen LogP contribution in [0.15, 0.2) is 41.6 Å². The zero-order valence-corrected chi connectivity index (χ0v) is 13.3. The molecule has 1 unspecified atom stereocenters. The first-order valence-electron chi connectivity index (χ1n) is 7.17. The molecule has 1 saturated heterocycles. The fourth-order valence-corrected chi connectivity index (χ4v) is 4.24. The van der Waals surface area contributed by atoms with E-state index in [1.807, 2.05) is 0 Å². The van der Waals surface area contributed by atoms with Crippen LogP contribution in [0.3, 0.4) is 0 Å². The molecule has 1 aromatic heterocycles. The molecule has 1 atom stereocenters. The van der Waals surface area contributed by atoms with Gasteiger partial charge in [-0.05, 0) is 43.2 Å². The van der Waals surface area contributed by atoms with Crippen molar-refractivity contribution in [2.75, 3.05) is 13.1 Å². The van der Waals surface area contributed by atoms with Gasteiger partial charge in [-0.3, -0.25) is 0 Å². The van der Waals surface area contributed by atoms with Crippen molar-refractivity contribution in [2.45, 2.75) is 24.3 Å². The first-order valence-corrected chi connectivity index (χ1v) is 8.61. The maximum absolute atomic E-state index is 13.2. The average Bonchev–Trinajstić information content (AvgIpc) is 2.97. The van der Waals surface area contributed by atoms with Crippen molar-refractivity contribution >= 4 is 10.0 Å². The Hall–Kier alpha value is -2.06. The Balaban J connectivity index is 1.75. The number of hydrogen-bond donors (Lipinski definition) is 0. The van der Waals surface area contributed by atoms with Gasteiger partial charge in [0.15, 0.2) is 0 Å². The highest BCUT2D eigenvalue weighted by molar-refractivity contribution is 7.89. The van der Waals surface area contributed by atoms with E-state index in [0.29, 0.717) is 18.5 Å². The Bertz CT molecular complexity index is 799. The van der Waals surface area contributed by atoms with Gasteiger partial charge in [0, 0.05) is 18.9 Å². The number of ether oxygens (including phenoxy) is 1. The standard InChI is InChI=1S/C15H16FN3O3S/c1-11-9-12(16)3-4-14(11)23(20,21)19-8-5-13(10-19)22-15-17-6-2-7-18-15/h2-4,6-7,9,13H,5,8,10H2,1H3. The number of sulfonamides is 1. The average molecular weight is 337 g/mol. The molecule has 0 aliphatic carbocycles. The molecule has 0 N–H and O–H groups in total. The maximum atomic E-state index is 13.2. The van der Waals surface area contributed by atoms with Crippen LogP contribution in [-0.4, -0.2) is 41.9 Å². The number of benzene rings is 1. The zero-order chi connectivity index (χ0) is 16.4. The molecule has 23 heavy (non-hydrogen) atoms. The molecule has 0 amide bonds. The number of aryl methyl sites for hydroxylation is 1. The Morgan fingerprint density at radius 1 is 1.30 bits per heavy atom. The van der Waals surface area contributed by atoms with E-state index in [0.717, 1.165) is 6.07 Å². The van der Waals surface area contributed by atoms with Crippen molar-refractivity contribution in [3.8, 4) is 6.01 Å². The van der Waals surface area contributed by atoms with Crippen LogP contribution in [0.25, 0.3) is 0 Å². The van der Waals surface area contributed by atoms with Crippen LogP contribution in [0.2, 0.25) is 0 Å². The second-order valence-electron chi connectivity index (χ2n) is 5.33. The smallest absolute Gasteiger partial charge is 0.316 e. The molecule has 3 rings (SSSR count). The lowest BCUT2D eigenvalue weighted by atomic mass is 10.2. The summed E-state index contributed by atoms with van der Waals surface area (Å²) < 4.78 is 45.5. The molecule has 0 bridgehead atoms. The van der Waals surface area contributed by atoms with Crippen LogP contribution >= 0.6 is 0 Å². The van der Waals surface area contributed by atoms with Gasteiger partial charge in [-0.2, -0.15) is 4.31 Å². The number of halogens is 1. The second-order valence-corrected chi connectivity index (χ2v) is 7.24. The molecule has 0 saturated carbocycles. The third-order valence-electron chi connectivity index (χ3n) is 3.68. The summed E-state index contributed by atoms with van der Waals surface area (Å²) in [4.78, 5) is 8.06. The van der Waals surface area contributed by atoms with E-state index in [1.54, 1.807) is 25.4 Å². The molecular weight excluding hydrogens is 321 g/mol. The molecule has 1 aliphatic rings. The van der Waals surface area contributed by atoms with Crippen molar-refractivity contribution in [1.82, 2.24) is 14.3 Å². The lowest BCUT2D eigenvalue weighted by Gasteiger charge is -2.18. The minimum atomic E-state index is -3.67. The second kappa shape index (κ2) is 6.21. The van der Waals surface area contributed by atoms with Crippen LogP contribution in [0, 0.1) is 12.7 Å². The number of rotatable bonds is 4. The Labute approximate surface area is 134 Å². The summed E-state index contributed by atoms with van der Waals surface area (Å²) in [7, 11) is -3.67. The topological polar surface area (TPSA) is 72.4 Å². The monoisotopic (exact) mass is 337 g/mol. The molecule has 1 aromatic carbocycles. The lowest BCUT2D eigenvalue weighted by molar-refractivity contribution is 0.197. The Morgan fingerprint density at radius 3 is 2.74 bits per heavy atom. The highest BCUT2D eigenvalue weighted by atomic mass is 32.2. The first-order chi connectivity index (χ1) is 11.0. The van der Waals surface area contributed by atoms with Gasteiger partial charge in [-0.15, -0.1) is 0 Å². The summed E-state index contributed by atoms with van der Waals surface area (Å²) in [6.07, 6.45) is 3.38. The first kappa shape index (κ1) is 15.8. The van der Waals surface area contributed by atoms with Crippen molar-refractivity contribution < 1.29 is 17.5 Å². The van der Waals surface area contributed by atoms with Crippen LogP contribution in [-0.2, 0) is 10.0 Å². The van der Waals surface area contributed by atoms with Gasteiger partial charge in [0.05, 0.1) is 11.4 Å². The predicted octanol–water partition coefficient (Wildman–Crippen LogP) is 1.77. The summed E-state index contributed by atoms with van der Waals surface area (Å²) in [5, 5.41) is 0. The zero-order valence-electron chi connectivity index (χ0n) is 12.5. The summed E-state index contributed by atoms with van der Waals surface area (Å²) >= 11 is 0. The SMILES string of the molecule is Cc1cc(F)ccc1S(=O)(=O)N1CCC(Oc2ncccn2)C1. The highest BCUT2D eigenvalue weighted by Crippen LogP contribution is 2.25. The van der Waals surface area contributed by atoms with Gasteiger partial charge in [-0.1, -0.05) is 0 Å². The van der Waals surface area contributed by atoms with E-state index in [9.17, 15) is 12.8 Å². The van der Waals surface area contributed by atoms with Crippen molar-refractivity contribution in [2.24, 2.45) is 0 Å². The minimum absolute atomic E-state index is 0.121. The quantitative estimate of drug-likeness (QED) is 0.850.